The average Bonchev–Trinajstić information content (AvgIpc) is 2.84. The van der Waals surface area contributed by atoms with Crippen LogP contribution in [0.1, 0.15) is 59.8 Å². The molecule has 0 radical (unpaired) electrons. The average molecular weight is 488 g/mol. The molecule has 1 heterocycles. The van der Waals surface area contributed by atoms with Gasteiger partial charge in [-0.1, -0.05) is 43.0 Å². The van der Waals surface area contributed by atoms with Gasteiger partial charge in [-0.3, -0.25) is 4.79 Å². The van der Waals surface area contributed by atoms with Gasteiger partial charge in [0.15, 0.2) is 5.43 Å². The number of aromatic carboxylic acids is 1. The van der Waals surface area contributed by atoms with Crippen molar-refractivity contribution in [2.75, 3.05) is 13.7 Å². The Hall–Kier alpha value is -2.90. The van der Waals surface area contributed by atoms with Crippen LogP contribution in [0.5, 0.6) is 5.75 Å². The fourth-order valence-electron chi connectivity index (χ4n) is 5.11. The summed E-state index contributed by atoms with van der Waals surface area (Å²) in [4.78, 5) is 25.1. The number of halogens is 2. The molecule has 180 valence electrons. The van der Waals surface area contributed by atoms with Crippen LogP contribution < -0.4 is 10.2 Å². The minimum Gasteiger partial charge on any atom is -0.496 e. The van der Waals surface area contributed by atoms with Gasteiger partial charge in [0, 0.05) is 23.9 Å². The molecule has 3 aromatic rings. The Balaban J connectivity index is 1.93. The van der Waals surface area contributed by atoms with Gasteiger partial charge in [-0.05, 0) is 42.0 Å². The summed E-state index contributed by atoms with van der Waals surface area (Å²) in [6, 6.07) is 8.57. The molecule has 0 bridgehead atoms. The third-order valence-corrected chi connectivity index (χ3v) is 7.09. The number of aromatic nitrogens is 1. The lowest BCUT2D eigenvalue weighted by molar-refractivity contribution is 0.0671. The number of carbonyl (C=O) groups is 1. The number of hydrogen-bond donors (Lipinski definition) is 2. The molecule has 1 aliphatic rings. The predicted molar refractivity (Wildman–Crippen MR) is 129 cm³/mol. The molecule has 1 atom stereocenters. The molecule has 2 aromatic carbocycles. The van der Waals surface area contributed by atoms with Gasteiger partial charge >= 0.3 is 5.97 Å². The molecule has 1 aliphatic carbocycles. The summed E-state index contributed by atoms with van der Waals surface area (Å²) in [5.74, 6) is -1.29. The lowest BCUT2D eigenvalue weighted by atomic mass is 9.83. The number of aliphatic hydroxyl groups is 1. The summed E-state index contributed by atoms with van der Waals surface area (Å²) in [6.45, 7) is -0.249. The van der Waals surface area contributed by atoms with Gasteiger partial charge in [0.05, 0.1) is 30.3 Å². The Kier molecular flexibility index (Phi) is 7.24. The van der Waals surface area contributed by atoms with Crippen molar-refractivity contribution in [3.05, 3.63) is 74.3 Å². The van der Waals surface area contributed by atoms with E-state index in [4.69, 9.17) is 16.3 Å². The lowest BCUT2D eigenvalue weighted by Crippen LogP contribution is -2.30. The van der Waals surface area contributed by atoms with Crippen LogP contribution in [0.15, 0.2) is 41.2 Å². The summed E-state index contributed by atoms with van der Waals surface area (Å²) < 4.78 is 21.7. The van der Waals surface area contributed by atoms with E-state index >= 15 is 0 Å². The van der Waals surface area contributed by atoms with Crippen molar-refractivity contribution in [3.8, 4) is 5.75 Å². The highest BCUT2D eigenvalue weighted by Gasteiger charge is 2.29. The molecule has 1 saturated carbocycles. The summed E-state index contributed by atoms with van der Waals surface area (Å²) in [5.41, 5.74) is 0.670. The van der Waals surface area contributed by atoms with Crippen LogP contribution in [-0.4, -0.2) is 34.5 Å². The van der Waals surface area contributed by atoms with Crippen molar-refractivity contribution < 1.29 is 24.1 Å². The second-order valence-electron chi connectivity index (χ2n) is 8.79. The van der Waals surface area contributed by atoms with E-state index in [2.05, 4.69) is 0 Å². The third kappa shape index (κ3) is 4.55. The molecule has 1 aromatic heterocycles. The van der Waals surface area contributed by atoms with E-state index in [1.54, 1.807) is 28.8 Å². The molecule has 2 N–H and O–H groups in total. The van der Waals surface area contributed by atoms with Crippen molar-refractivity contribution in [1.29, 1.82) is 0 Å². The Labute approximate surface area is 201 Å². The van der Waals surface area contributed by atoms with E-state index < -0.39 is 23.3 Å². The van der Waals surface area contributed by atoms with Crippen LogP contribution in [0.3, 0.4) is 0 Å². The standard InChI is InChI=1S/C26H27ClFNO5/c1-34-24-13-20-18(11-17(24)10-16-8-5-9-19(27)25(16)28)23(31)12-21(26(32)33)29(20)22(14-30)15-6-3-2-4-7-15/h5,8-9,11-13,15,22,30H,2-4,6-7,10,14H2,1H3,(H,32,33). The van der Waals surface area contributed by atoms with Crippen LogP contribution in [0.2, 0.25) is 5.02 Å². The molecule has 6 nitrogen and oxygen atoms in total. The molecular formula is C26H27ClFNO5. The first-order chi connectivity index (χ1) is 16.3. The first-order valence-electron chi connectivity index (χ1n) is 11.4. The predicted octanol–water partition coefficient (Wildman–Crippen LogP) is 5.21. The summed E-state index contributed by atoms with van der Waals surface area (Å²) in [6.07, 6.45) is 5.03. The van der Waals surface area contributed by atoms with Crippen LogP contribution in [-0.2, 0) is 6.42 Å². The van der Waals surface area contributed by atoms with Crippen molar-refractivity contribution in [2.45, 2.75) is 44.6 Å². The number of nitrogens with zero attached hydrogens (tertiary/aromatic N) is 1. The minimum atomic E-state index is -1.24. The second kappa shape index (κ2) is 10.2. The number of pyridine rings is 1. The number of rotatable bonds is 7. The summed E-state index contributed by atoms with van der Waals surface area (Å²) >= 11 is 5.93. The van der Waals surface area contributed by atoms with Gasteiger partial charge in [0.2, 0.25) is 0 Å². The number of methoxy groups -OCH3 is 1. The van der Waals surface area contributed by atoms with Gasteiger partial charge in [-0.25, -0.2) is 9.18 Å². The molecule has 1 unspecified atom stereocenters. The van der Waals surface area contributed by atoms with Crippen LogP contribution in [0.4, 0.5) is 4.39 Å². The van der Waals surface area contributed by atoms with Gasteiger partial charge < -0.3 is 19.5 Å². The zero-order valence-corrected chi connectivity index (χ0v) is 19.6. The Morgan fingerprint density at radius 3 is 2.59 bits per heavy atom. The minimum absolute atomic E-state index is 0.00369. The maximum atomic E-state index is 14.5. The summed E-state index contributed by atoms with van der Waals surface area (Å²) in [5, 5.41) is 20.5. The molecule has 4 rings (SSSR count). The van der Waals surface area contributed by atoms with Crippen molar-refractivity contribution in [3.63, 3.8) is 0 Å². The van der Waals surface area contributed by atoms with Gasteiger partial charge in [-0.15, -0.1) is 0 Å². The van der Waals surface area contributed by atoms with E-state index in [0.717, 1.165) is 38.2 Å². The third-order valence-electron chi connectivity index (χ3n) is 6.80. The first kappa shape index (κ1) is 24.2. The fourth-order valence-corrected chi connectivity index (χ4v) is 5.31. The van der Waals surface area contributed by atoms with E-state index in [1.807, 2.05) is 0 Å². The van der Waals surface area contributed by atoms with E-state index in [-0.39, 0.29) is 35.0 Å². The number of benzene rings is 2. The van der Waals surface area contributed by atoms with Crippen LogP contribution in [0, 0.1) is 11.7 Å². The van der Waals surface area contributed by atoms with Gasteiger partial charge in [-0.2, -0.15) is 0 Å². The molecule has 0 aliphatic heterocycles. The number of carboxylic acid groups (broad SMARTS) is 1. The number of hydrogen-bond acceptors (Lipinski definition) is 4. The maximum Gasteiger partial charge on any atom is 0.352 e. The molecule has 34 heavy (non-hydrogen) atoms. The SMILES string of the molecule is COc1cc2c(cc1Cc1cccc(Cl)c1F)c(=O)cc(C(=O)O)n2C(CO)C1CCCCC1. The largest absolute Gasteiger partial charge is 0.496 e. The molecule has 0 spiro atoms. The highest BCUT2D eigenvalue weighted by Crippen LogP contribution is 2.37. The fraction of sp³-hybridized carbons (Fsp3) is 0.385. The zero-order valence-electron chi connectivity index (χ0n) is 18.9. The molecule has 0 amide bonds. The quantitative estimate of drug-likeness (QED) is 0.478. The number of carboxylic acids is 1. The molecular weight excluding hydrogens is 461 g/mol. The normalized spacial score (nSPS) is 15.4. The van der Waals surface area contributed by atoms with Crippen molar-refractivity contribution in [2.24, 2.45) is 5.92 Å². The Morgan fingerprint density at radius 1 is 1.21 bits per heavy atom. The van der Waals surface area contributed by atoms with E-state index in [9.17, 15) is 24.2 Å². The van der Waals surface area contributed by atoms with Crippen LogP contribution >= 0.6 is 11.6 Å². The second-order valence-corrected chi connectivity index (χ2v) is 9.20. The van der Waals surface area contributed by atoms with E-state index in [0.29, 0.717) is 22.4 Å². The Morgan fingerprint density at radius 2 is 1.94 bits per heavy atom. The smallest absolute Gasteiger partial charge is 0.352 e. The monoisotopic (exact) mass is 487 g/mol. The number of ether oxygens (including phenoxy) is 1. The van der Waals surface area contributed by atoms with Crippen molar-refractivity contribution in [1.82, 2.24) is 4.57 Å². The zero-order chi connectivity index (χ0) is 24.4. The highest BCUT2D eigenvalue weighted by molar-refractivity contribution is 6.30. The number of aliphatic hydroxyl groups excluding tert-OH is 1. The van der Waals surface area contributed by atoms with Gasteiger partial charge in [0.25, 0.3) is 0 Å². The molecule has 0 saturated heterocycles. The van der Waals surface area contributed by atoms with E-state index in [1.165, 1.54) is 13.2 Å². The van der Waals surface area contributed by atoms with Gasteiger partial charge in [0.1, 0.15) is 17.3 Å². The van der Waals surface area contributed by atoms with Crippen LogP contribution in [0.25, 0.3) is 10.9 Å². The lowest BCUT2D eigenvalue weighted by Gasteiger charge is -2.33. The Bertz CT molecular complexity index is 1280. The number of fused-ring (bicyclic) bond motifs is 1. The van der Waals surface area contributed by atoms with Crippen molar-refractivity contribution >= 4 is 28.5 Å². The molecule has 8 heteroatoms. The molecule has 1 fully saturated rings. The topological polar surface area (TPSA) is 88.8 Å². The highest BCUT2D eigenvalue weighted by atomic mass is 35.5. The summed E-state index contributed by atoms with van der Waals surface area (Å²) in [7, 11) is 1.47. The first-order valence-corrected chi connectivity index (χ1v) is 11.8. The maximum absolute atomic E-state index is 14.5.